The summed E-state index contributed by atoms with van der Waals surface area (Å²) in [6.07, 6.45) is 16.4. The van der Waals surface area contributed by atoms with Crippen LogP contribution >= 0.6 is 0 Å². The normalized spacial score (nSPS) is 17.1. The number of methoxy groups -OCH3 is 1. The van der Waals surface area contributed by atoms with Gasteiger partial charge in [0.25, 0.3) is 0 Å². The fourth-order valence-corrected chi connectivity index (χ4v) is 2.75. The smallest absolute Gasteiger partial charge is 0.149 e. The molecule has 0 radical (unpaired) electrons. The van der Waals surface area contributed by atoms with Gasteiger partial charge < -0.3 is 9.47 Å². The van der Waals surface area contributed by atoms with Crippen LogP contribution in [0.3, 0.4) is 0 Å². The molecule has 3 nitrogen and oxygen atoms in total. The highest BCUT2D eigenvalue weighted by atomic mass is 16.5. The molecule has 0 saturated carbocycles. The second-order valence-electron chi connectivity index (χ2n) is 6.68. The molecule has 0 spiro atoms. The first kappa shape index (κ1) is 23.5. The predicted molar refractivity (Wildman–Crippen MR) is 131 cm³/mol. The highest BCUT2D eigenvalue weighted by molar-refractivity contribution is 6.08. The van der Waals surface area contributed by atoms with Crippen molar-refractivity contribution in [2.45, 2.75) is 26.7 Å². The van der Waals surface area contributed by atoms with Crippen molar-refractivity contribution < 1.29 is 9.47 Å². The second-order valence-corrected chi connectivity index (χ2v) is 6.68. The molecule has 0 amide bonds. The quantitative estimate of drug-likeness (QED) is 0.279. The molecule has 0 N–H and O–H groups in total. The number of hydrogen-bond acceptors (Lipinski definition) is 3. The average molecular weight is 412 g/mol. The molecular formula is C28H29NO2. The Balaban J connectivity index is 2.24. The summed E-state index contributed by atoms with van der Waals surface area (Å²) >= 11 is 0. The summed E-state index contributed by atoms with van der Waals surface area (Å²) < 4.78 is 11.5. The monoisotopic (exact) mass is 411 g/mol. The number of benzene rings is 1. The maximum Gasteiger partial charge on any atom is 0.149 e. The molecule has 1 aromatic rings. The van der Waals surface area contributed by atoms with Crippen LogP contribution < -0.4 is 4.74 Å². The van der Waals surface area contributed by atoms with Gasteiger partial charge in [0.2, 0.25) is 0 Å². The lowest BCUT2D eigenvalue weighted by atomic mass is 10.0. The van der Waals surface area contributed by atoms with Crippen LogP contribution in [0.25, 0.3) is 0 Å². The van der Waals surface area contributed by atoms with Gasteiger partial charge in [-0.1, -0.05) is 49.3 Å². The Morgan fingerprint density at radius 1 is 1.32 bits per heavy atom. The second kappa shape index (κ2) is 12.7. The van der Waals surface area contributed by atoms with Crippen LogP contribution in [0.5, 0.6) is 5.75 Å². The molecule has 1 aliphatic heterocycles. The number of hydrogen-bond donors (Lipinski definition) is 0. The van der Waals surface area contributed by atoms with Gasteiger partial charge in [-0.15, -0.1) is 0 Å². The van der Waals surface area contributed by atoms with E-state index in [2.05, 4.69) is 36.1 Å². The first-order valence-electron chi connectivity index (χ1n) is 10.1. The molecule has 0 saturated heterocycles. The molecule has 0 fully saturated rings. The maximum atomic E-state index is 6.21. The molecule has 0 atom stereocenters. The molecule has 0 aromatic heterocycles. The van der Waals surface area contributed by atoms with Crippen LogP contribution in [0.1, 0.15) is 32.3 Å². The Morgan fingerprint density at radius 2 is 2.16 bits per heavy atom. The summed E-state index contributed by atoms with van der Waals surface area (Å²) in [4.78, 5) is 4.52. The van der Waals surface area contributed by atoms with Crippen molar-refractivity contribution in [3.8, 4) is 17.6 Å². The number of ether oxygens (including phenoxy) is 2. The van der Waals surface area contributed by atoms with E-state index in [1.54, 1.807) is 31.5 Å². The van der Waals surface area contributed by atoms with E-state index < -0.39 is 0 Å². The topological polar surface area (TPSA) is 30.8 Å². The van der Waals surface area contributed by atoms with Crippen molar-refractivity contribution in [1.82, 2.24) is 0 Å². The summed E-state index contributed by atoms with van der Waals surface area (Å²) in [6, 6.07) is 7.72. The van der Waals surface area contributed by atoms with Gasteiger partial charge in [-0.05, 0) is 73.9 Å². The molecular weight excluding hydrogens is 382 g/mol. The zero-order valence-electron chi connectivity index (χ0n) is 18.5. The summed E-state index contributed by atoms with van der Waals surface area (Å²) in [7, 11) is 1.65. The van der Waals surface area contributed by atoms with Crippen molar-refractivity contribution in [2.75, 3.05) is 7.11 Å². The number of allylic oxidation sites excluding steroid dienone is 9. The van der Waals surface area contributed by atoms with Crippen LogP contribution in [-0.2, 0) is 4.74 Å². The van der Waals surface area contributed by atoms with E-state index in [0.717, 1.165) is 40.4 Å². The van der Waals surface area contributed by atoms with Crippen molar-refractivity contribution >= 4 is 5.71 Å². The van der Waals surface area contributed by atoms with Gasteiger partial charge in [-0.25, -0.2) is 0 Å². The maximum absolute atomic E-state index is 6.21. The molecule has 1 aliphatic rings. The third kappa shape index (κ3) is 7.53. The molecule has 0 bridgehead atoms. The van der Waals surface area contributed by atoms with Crippen molar-refractivity contribution in [1.29, 1.82) is 0 Å². The van der Waals surface area contributed by atoms with E-state index in [-0.39, 0.29) is 0 Å². The van der Waals surface area contributed by atoms with Crippen LogP contribution in [0.15, 0.2) is 114 Å². The highest BCUT2D eigenvalue weighted by Crippen LogP contribution is 2.27. The van der Waals surface area contributed by atoms with Crippen LogP contribution in [-0.4, -0.2) is 12.8 Å². The summed E-state index contributed by atoms with van der Waals surface area (Å²) in [6.45, 7) is 11.5. The summed E-state index contributed by atoms with van der Waals surface area (Å²) in [5.41, 5.74) is 3.78. The zero-order valence-corrected chi connectivity index (χ0v) is 18.5. The lowest BCUT2D eigenvalue weighted by Crippen LogP contribution is -2.10. The highest BCUT2D eigenvalue weighted by Gasteiger charge is 2.17. The predicted octanol–water partition coefficient (Wildman–Crippen LogP) is 6.84. The van der Waals surface area contributed by atoms with Crippen molar-refractivity contribution in [3.05, 3.63) is 114 Å². The van der Waals surface area contributed by atoms with Crippen molar-refractivity contribution in [3.63, 3.8) is 0 Å². The largest absolute Gasteiger partial charge is 0.497 e. The number of aliphatic imine (C=N–C) groups is 1. The zero-order chi connectivity index (χ0) is 22.5. The Hall–Kier alpha value is -3.77. The molecule has 3 heteroatoms. The third-order valence-corrected chi connectivity index (χ3v) is 4.46. The van der Waals surface area contributed by atoms with E-state index in [1.165, 1.54) is 0 Å². The molecule has 1 heterocycles. The van der Waals surface area contributed by atoms with Crippen LogP contribution in [0, 0.1) is 11.8 Å². The fraction of sp³-hybridized carbons (Fsp3) is 0.179. The van der Waals surface area contributed by atoms with Gasteiger partial charge in [0, 0.05) is 18.2 Å². The fourth-order valence-electron chi connectivity index (χ4n) is 2.75. The lowest BCUT2D eigenvalue weighted by molar-refractivity contribution is 0.324. The minimum absolute atomic E-state index is 0.571. The van der Waals surface area contributed by atoms with Gasteiger partial charge in [0.1, 0.15) is 23.0 Å². The number of rotatable bonds is 7. The van der Waals surface area contributed by atoms with Gasteiger partial charge in [-0.2, -0.15) is 0 Å². The number of nitrogens with zero attached hydrogens (tertiary/aromatic N) is 1. The Kier molecular flexibility index (Phi) is 9.65. The summed E-state index contributed by atoms with van der Waals surface area (Å²) in [5, 5.41) is 0. The van der Waals surface area contributed by atoms with E-state index in [9.17, 15) is 0 Å². The average Bonchev–Trinajstić information content (AvgIpc) is 2.81. The minimum atomic E-state index is 0.571. The SMILES string of the molecule is C=C/C=C/N=C(\C=C(/C)C=C)C1=CCC(=C/C)/C(=C\CC#Cc2cccc(OC)c2)O1. The molecule has 0 aliphatic carbocycles. The summed E-state index contributed by atoms with van der Waals surface area (Å²) in [5.74, 6) is 8.68. The van der Waals surface area contributed by atoms with E-state index in [4.69, 9.17) is 9.47 Å². The van der Waals surface area contributed by atoms with Gasteiger partial charge in [-0.3, -0.25) is 4.99 Å². The molecule has 31 heavy (non-hydrogen) atoms. The Morgan fingerprint density at radius 3 is 2.87 bits per heavy atom. The molecule has 1 aromatic carbocycles. The Bertz CT molecular complexity index is 1050. The Labute approximate surface area is 186 Å². The van der Waals surface area contributed by atoms with E-state index in [1.807, 2.05) is 56.3 Å². The van der Waals surface area contributed by atoms with E-state index >= 15 is 0 Å². The lowest BCUT2D eigenvalue weighted by Gasteiger charge is -2.20. The first-order valence-corrected chi connectivity index (χ1v) is 10.1. The molecule has 158 valence electrons. The van der Waals surface area contributed by atoms with Gasteiger partial charge in [0.05, 0.1) is 7.11 Å². The third-order valence-electron chi connectivity index (χ3n) is 4.46. The van der Waals surface area contributed by atoms with Gasteiger partial charge in [0.15, 0.2) is 0 Å². The van der Waals surface area contributed by atoms with Crippen molar-refractivity contribution in [2.24, 2.45) is 4.99 Å². The molecule has 0 unspecified atom stereocenters. The van der Waals surface area contributed by atoms with Crippen LogP contribution in [0.4, 0.5) is 0 Å². The minimum Gasteiger partial charge on any atom is -0.497 e. The standard InChI is InChI=1S/C28H29NO2/c1-6-9-19-29-26(20-22(4)7-2)28-18-17-24(8-3)27(31-28)16-11-10-13-23-14-12-15-25(21-23)30-5/h6-9,12,14-16,18-21H,1-2,11,17H2,3-5H3/b19-9+,22-20+,24-8-,27-16+,29-26+. The van der Waals surface area contributed by atoms with E-state index in [0.29, 0.717) is 12.2 Å². The van der Waals surface area contributed by atoms with Gasteiger partial charge >= 0.3 is 0 Å². The first-order chi connectivity index (χ1) is 15.1. The van der Waals surface area contributed by atoms with Crippen LogP contribution in [0.2, 0.25) is 0 Å². The molecule has 2 rings (SSSR count).